The van der Waals surface area contributed by atoms with E-state index in [4.69, 9.17) is 0 Å². The van der Waals surface area contributed by atoms with Gasteiger partial charge in [0.25, 0.3) is 0 Å². The summed E-state index contributed by atoms with van der Waals surface area (Å²) >= 11 is 0. The maximum Gasteiger partial charge on any atom is 0.377 e. The lowest BCUT2D eigenvalue weighted by molar-refractivity contribution is 0.0697. The molecule has 3 rings (SSSR count). The van der Waals surface area contributed by atoms with Gasteiger partial charge in [0.2, 0.25) is 0 Å². The van der Waals surface area contributed by atoms with Gasteiger partial charge >= 0.3 is 17.7 Å². The fraction of sp³-hybridized carbons (Fsp3) is 0.211. The number of nitrogens with zero attached hydrogens (tertiary/aromatic N) is 5. The Morgan fingerprint density at radius 2 is 1.90 bits per heavy atom. The number of para-hydroxylation sites is 1. The molecule has 0 atom stereocenters. The third-order valence-electron chi connectivity index (χ3n) is 4.25. The van der Waals surface area contributed by atoms with Crippen molar-refractivity contribution in [3.05, 3.63) is 69.9 Å². The molecule has 0 aliphatic carbocycles. The molecule has 0 radical (unpaired) electrons. The monoisotopic (exact) mass is 399 g/mol. The first-order valence-electron chi connectivity index (χ1n) is 8.81. The van der Waals surface area contributed by atoms with Crippen LogP contribution in [0, 0.1) is 12.7 Å². The predicted molar refractivity (Wildman–Crippen MR) is 102 cm³/mol. The summed E-state index contributed by atoms with van der Waals surface area (Å²) in [5.41, 5.74) is -0.286. The smallest absolute Gasteiger partial charge is 0.377 e. The van der Waals surface area contributed by atoms with E-state index in [2.05, 4.69) is 10.4 Å². The van der Waals surface area contributed by atoms with Crippen LogP contribution < -0.4 is 10.6 Å². The van der Waals surface area contributed by atoms with Gasteiger partial charge in [0.15, 0.2) is 0 Å². The van der Waals surface area contributed by atoms with Crippen molar-refractivity contribution < 1.29 is 19.1 Å². The van der Waals surface area contributed by atoms with Crippen LogP contribution in [0.15, 0.2) is 47.3 Å². The summed E-state index contributed by atoms with van der Waals surface area (Å²) < 4.78 is 15.4. The number of tetrazole rings is 1. The van der Waals surface area contributed by atoms with Gasteiger partial charge in [-0.3, -0.25) is 4.90 Å². The van der Waals surface area contributed by atoms with Crippen LogP contribution in [0.4, 0.5) is 14.9 Å². The van der Waals surface area contributed by atoms with Gasteiger partial charge in [0.05, 0.1) is 5.56 Å². The lowest BCUT2D eigenvalue weighted by atomic mass is 10.2. The molecule has 3 aromatic rings. The van der Waals surface area contributed by atoms with Crippen LogP contribution in [0.25, 0.3) is 5.69 Å². The van der Waals surface area contributed by atoms with Crippen molar-refractivity contribution in [2.24, 2.45) is 0 Å². The molecule has 1 heterocycles. The molecule has 1 aromatic heterocycles. The van der Waals surface area contributed by atoms with Crippen molar-refractivity contribution in [1.82, 2.24) is 19.8 Å². The highest BCUT2D eigenvalue weighted by molar-refractivity contribution is 5.95. The van der Waals surface area contributed by atoms with Crippen LogP contribution in [0.1, 0.15) is 29.3 Å². The standard InChI is InChI=1S/C19H18FN5O4/c1-3-10-23(14-8-5-7-13(11-14)17(26)27)18(28)25-19(29)24(21-22-25)16-12(2)6-4-9-15(16)20/h4-9,11H,3,10H2,1-2H3,(H,26,27). The van der Waals surface area contributed by atoms with Gasteiger partial charge in [0, 0.05) is 12.2 Å². The number of hydrogen-bond donors (Lipinski definition) is 1. The van der Waals surface area contributed by atoms with Crippen LogP contribution in [0.5, 0.6) is 0 Å². The fourth-order valence-electron chi connectivity index (χ4n) is 2.88. The third-order valence-corrected chi connectivity index (χ3v) is 4.25. The first-order chi connectivity index (χ1) is 13.8. The van der Waals surface area contributed by atoms with Crippen molar-refractivity contribution in [3.8, 4) is 5.69 Å². The molecule has 0 aliphatic rings. The van der Waals surface area contributed by atoms with E-state index < -0.39 is 23.5 Å². The Morgan fingerprint density at radius 3 is 2.55 bits per heavy atom. The molecule has 2 aromatic carbocycles. The molecule has 0 fully saturated rings. The predicted octanol–water partition coefficient (Wildman–Crippen LogP) is 2.46. The summed E-state index contributed by atoms with van der Waals surface area (Å²) in [5, 5.41) is 16.4. The van der Waals surface area contributed by atoms with Crippen LogP contribution in [0.3, 0.4) is 0 Å². The third kappa shape index (κ3) is 3.77. The summed E-state index contributed by atoms with van der Waals surface area (Å²) in [6.07, 6.45) is 0.540. The molecule has 0 saturated heterocycles. The number of carbonyl (C=O) groups is 2. The largest absolute Gasteiger partial charge is 0.478 e. The first kappa shape index (κ1) is 19.9. The van der Waals surface area contributed by atoms with Gasteiger partial charge in [-0.25, -0.2) is 18.8 Å². The number of amides is 1. The Hall–Kier alpha value is -3.82. The number of halogens is 1. The highest BCUT2D eigenvalue weighted by Gasteiger charge is 2.24. The average Bonchev–Trinajstić information content (AvgIpc) is 3.07. The maximum absolute atomic E-state index is 14.2. The highest BCUT2D eigenvalue weighted by Crippen LogP contribution is 2.18. The van der Waals surface area contributed by atoms with E-state index in [0.717, 1.165) is 4.68 Å². The molecule has 10 heteroatoms. The fourth-order valence-corrected chi connectivity index (χ4v) is 2.88. The lowest BCUT2D eigenvalue weighted by Crippen LogP contribution is -2.41. The lowest BCUT2D eigenvalue weighted by Gasteiger charge is -2.21. The van der Waals surface area contributed by atoms with Gasteiger partial charge in [-0.15, -0.1) is 4.68 Å². The van der Waals surface area contributed by atoms with Crippen LogP contribution in [0.2, 0.25) is 0 Å². The SMILES string of the molecule is CCCN(C(=O)n1nnn(-c2c(C)cccc2F)c1=O)c1cccc(C(=O)O)c1. The van der Waals surface area contributed by atoms with E-state index in [9.17, 15) is 23.9 Å². The van der Waals surface area contributed by atoms with E-state index in [1.165, 1.54) is 35.2 Å². The second kappa shape index (κ2) is 8.05. The molecule has 9 nitrogen and oxygen atoms in total. The number of aromatic carboxylic acids is 1. The number of carboxylic acid groups (broad SMARTS) is 1. The van der Waals surface area contributed by atoms with Crippen LogP contribution in [-0.4, -0.2) is 43.4 Å². The number of aromatic nitrogens is 4. The van der Waals surface area contributed by atoms with Crippen molar-refractivity contribution in [1.29, 1.82) is 0 Å². The minimum atomic E-state index is -1.14. The molecular formula is C19H18FN5O4. The van der Waals surface area contributed by atoms with Gasteiger partial charge in [-0.1, -0.05) is 25.1 Å². The molecule has 0 bridgehead atoms. The molecule has 0 saturated carbocycles. The van der Waals surface area contributed by atoms with E-state index in [1.807, 2.05) is 6.92 Å². The molecule has 0 spiro atoms. The number of hydrogen-bond acceptors (Lipinski definition) is 5. The molecular weight excluding hydrogens is 381 g/mol. The van der Waals surface area contributed by atoms with Gasteiger partial charge in [-0.2, -0.15) is 4.68 Å². The zero-order valence-electron chi connectivity index (χ0n) is 15.7. The molecule has 1 amide bonds. The maximum atomic E-state index is 14.2. The Kier molecular flexibility index (Phi) is 5.53. The van der Waals surface area contributed by atoms with Gasteiger partial charge in [0.1, 0.15) is 11.5 Å². The summed E-state index contributed by atoms with van der Waals surface area (Å²) in [4.78, 5) is 38.2. The number of aryl methyl sites for hydroxylation is 1. The van der Waals surface area contributed by atoms with Gasteiger partial charge < -0.3 is 5.11 Å². The minimum absolute atomic E-state index is 0.00520. The van der Waals surface area contributed by atoms with Crippen molar-refractivity contribution in [2.45, 2.75) is 20.3 Å². The second-order valence-electron chi connectivity index (χ2n) is 6.28. The number of carbonyl (C=O) groups excluding carboxylic acids is 1. The van der Waals surface area contributed by atoms with E-state index >= 15 is 0 Å². The Balaban J connectivity index is 2.05. The zero-order valence-corrected chi connectivity index (χ0v) is 15.7. The average molecular weight is 399 g/mol. The molecule has 29 heavy (non-hydrogen) atoms. The Labute approximate surface area is 164 Å². The summed E-state index contributed by atoms with van der Waals surface area (Å²) in [5.74, 6) is -1.82. The van der Waals surface area contributed by atoms with E-state index in [1.54, 1.807) is 19.1 Å². The van der Waals surface area contributed by atoms with Crippen molar-refractivity contribution in [2.75, 3.05) is 11.4 Å². The molecule has 150 valence electrons. The summed E-state index contributed by atoms with van der Waals surface area (Å²) in [6.45, 7) is 3.63. The van der Waals surface area contributed by atoms with Crippen molar-refractivity contribution in [3.63, 3.8) is 0 Å². The Morgan fingerprint density at radius 1 is 1.17 bits per heavy atom. The highest BCUT2D eigenvalue weighted by atomic mass is 19.1. The summed E-state index contributed by atoms with van der Waals surface area (Å²) in [6, 6.07) is 9.22. The topological polar surface area (TPSA) is 110 Å². The minimum Gasteiger partial charge on any atom is -0.478 e. The Bertz CT molecular complexity index is 1120. The molecule has 0 unspecified atom stereocenters. The van der Waals surface area contributed by atoms with Crippen LogP contribution in [-0.2, 0) is 0 Å². The first-order valence-corrected chi connectivity index (χ1v) is 8.81. The number of anilines is 1. The zero-order chi connectivity index (χ0) is 21.1. The quantitative estimate of drug-likeness (QED) is 0.660. The number of rotatable bonds is 5. The van der Waals surface area contributed by atoms with Crippen molar-refractivity contribution >= 4 is 17.7 Å². The normalized spacial score (nSPS) is 10.7. The molecule has 1 N–H and O–H groups in total. The number of carboxylic acids is 1. The second-order valence-corrected chi connectivity index (χ2v) is 6.28. The van der Waals surface area contributed by atoms with E-state index in [0.29, 0.717) is 22.4 Å². The molecule has 0 aliphatic heterocycles. The van der Waals surface area contributed by atoms with Crippen LogP contribution >= 0.6 is 0 Å². The van der Waals surface area contributed by atoms with E-state index in [-0.39, 0.29) is 17.8 Å². The number of benzene rings is 2. The summed E-state index contributed by atoms with van der Waals surface area (Å²) in [7, 11) is 0. The van der Waals surface area contributed by atoms with Gasteiger partial charge in [-0.05, 0) is 53.6 Å².